The third-order valence-electron chi connectivity index (χ3n) is 8.74. The van der Waals surface area contributed by atoms with Crippen LogP contribution in [0, 0.1) is 20.8 Å². The number of azide groups is 1. The van der Waals surface area contributed by atoms with Crippen LogP contribution >= 0.6 is 0 Å². The number of hydrogen-bond donors (Lipinski definition) is 6. The maximum atomic E-state index is 13.7. The van der Waals surface area contributed by atoms with Crippen LogP contribution in [0.1, 0.15) is 63.1 Å². The normalized spacial score (nSPS) is 21.8. The Bertz CT molecular complexity index is 1790. The van der Waals surface area contributed by atoms with E-state index in [2.05, 4.69) is 41.0 Å². The van der Waals surface area contributed by atoms with Gasteiger partial charge in [0.25, 0.3) is 10.0 Å². The molecule has 2 fully saturated rings. The zero-order valence-electron chi connectivity index (χ0n) is 31.6. The minimum atomic E-state index is -4.12. The summed E-state index contributed by atoms with van der Waals surface area (Å²) in [5.74, 6) is -3.27. The number of aryl methyl sites for hydroxylation is 1. The van der Waals surface area contributed by atoms with Gasteiger partial charge in [0.1, 0.15) is 23.4 Å². The number of sulfonamides is 1. The molecule has 54 heavy (non-hydrogen) atoms. The Morgan fingerprint density at radius 1 is 1.06 bits per heavy atom. The fourth-order valence-electron chi connectivity index (χ4n) is 6.24. The predicted molar refractivity (Wildman–Crippen MR) is 197 cm³/mol. The second-order valence-electron chi connectivity index (χ2n) is 14.1. The minimum Gasteiger partial charge on any atom is -0.496 e. The van der Waals surface area contributed by atoms with Crippen LogP contribution in [0.4, 0.5) is 0 Å². The Kier molecular flexibility index (Phi) is 15.0. The molecule has 0 saturated carbocycles. The van der Waals surface area contributed by atoms with Gasteiger partial charge >= 0.3 is 5.97 Å². The van der Waals surface area contributed by atoms with Crippen molar-refractivity contribution < 1.29 is 41.9 Å². The number of nitrogens with two attached hydrogens (primary N) is 1. The number of esters is 1. The number of carbonyl (C=O) groups excluding carboxylic acids is 5. The molecule has 2 aliphatic heterocycles. The molecule has 0 unspecified atom stereocenters. The van der Waals surface area contributed by atoms with Gasteiger partial charge < -0.3 is 36.5 Å². The zero-order chi connectivity index (χ0) is 40.4. The van der Waals surface area contributed by atoms with E-state index >= 15 is 0 Å². The predicted octanol–water partition coefficient (Wildman–Crippen LogP) is -0.306. The number of hydrogen-bond acceptors (Lipinski definition) is 12. The molecular weight excluding hydrogens is 726 g/mol. The molecule has 2 heterocycles. The quantitative estimate of drug-likeness (QED) is 0.0305. The lowest BCUT2D eigenvalue weighted by Crippen LogP contribution is -2.55. The van der Waals surface area contributed by atoms with Crippen molar-refractivity contribution in [2.45, 2.75) is 102 Å². The molecule has 3 rings (SSSR count). The van der Waals surface area contributed by atoms with Crippen LogP contribution in [0.2, 0.25) is 0 Å². The molecular formula is C33H51N11O9S. The highest BCUT2D eigenvalue weighted by Crippen LogP contribution is 2.30. The number of methoxy groups -OCH3 is 1. The molecule has 1 aromatic carbocycles. The van der Waals surface area contributed by atoms with Crippen molar-refractivity contribution in [1.29, 1.82) is 0 Å². The van der Waals surface area contributed by atoms with E-state index in [1.165, 1.54) is 7.11 Å². The molecule has 298 valence electrons. The topological polar surface area (TPSA) is 288 Å². The Morgan fingerprint density at radius 3 is 2.41 bits per heavy atom. The summed E-state index contributed by atoms with van der Waals surface area (Å²) in [6.07, 6.45) is -0.190. The van der Waals surface area contributed by atoms with Crippen molar-refractivity contribution in [2.75, 3.05) is 39.8 Å². The third kappa shape index (κ3) is 12.2. The average Bonchev–Trinajstić information content (AvgIpc) is 3.47. The lowest BCUT2D eigenvalue weighted by atomic mass is 10.1. The Morgan fingerprint density at radius 2 is 1.76 bits per heavy atom. The second kappa shape index (κ2) is 18.8. The molecule has 4 atom stereocenters. The number of fused-ring (bicyclic) bond motifs is 2. The molecule has 0 spiro atoms. The maximum Gasteiger partial charge on any atom is 0.308 e. The summed E-state index contributed by atoms with van der Waals surface area (Å²) in [7, 11) is -2.63. The lowest BCUT2D eigenvalue weighted by Gasteiger charge is -2.25. The number of nitrogens with zero attached hydrogens (tertiary/aromatic N) is 5. The number of benzene rings is 1. The van der Waals surface area contributed by atoms with Crippen LogP contribution in [0.3, 0.4) is 0 Å². The summed E-state index contributed by atoms with van der Waals surface area (Å²) in [5, 5.41) is 14.0. The Balaban J connectivity index is 1.78. The van der Waals surface area contributed by atoms with E-state index in [9.17, 15) is 32.4 Å². The fourth-order valence-corrected chi connectivity index (χ4v) is 7.72. The summed E-state index contributed by atoms with van der Waals surface area (Å²) < 4.78 is 39.5. The van der Waals surface area contributed by atoms with Gasteiger partial charge in [-0.3, -0.25) is 33.9 Å². The fraction of sp³-hybridized carbons (Fsp3) is 0.636. The summed E-state index contributed by atoms with van der Waals surface area (Å²) in [4.78, 5) is 74.5. The van der Waals surface area contributed by atoms with Gasteiger partial charge in [-0.1, -0.05) is 5.11 Å². The van der Waals surface area contributed by atoms with Crippen molar-refractivity contribution in [3.05, 3.63) is 33.2 Å². The molecule has 2 aliphatic rings. The first-order valence-electron chi connectivity index (χ1n) is 17.4. The van der Waals surface area contributed by atoms with Gasteiger partial charge in [0.2, 0.25) is 29.6 Å². The maximum absolute atomic E-state index is 13.7. The first-order valence-corrected chi connectivity index (χ1v) is 18.9. The van der Waals surface area contributed by atoms with E-state index in [1.807, 2.05) is 0 Å². The first-order chi connectivity index (χ1) is 25.3. The smallest absolute Gasteiger partial charge is 0.308 e. The monoisotopic (exact) mass is 777 g/mol. The zero-order valence-corrected chi connectivity index (χ0v) is 32.5. The highest BCUT2D eigenvalue weighted by atomic mass is 32.2. The Labute approximate surface area is 314 Å². The highest BCUT2D eigenvalue weighted by molar-refractivity contribution is 7.90. The van der Waals surface area contributed by atoms with Gasteiger partial charge in [0, 0.05) is 37.1 Å². The number of rotatable bonds is 12. The number of nitrogens with one attached hydrogen (secondary N) is 5. The van der Waals surface area contributed by atoms with E-state index in [4.69, 9.17) is 20.7 Å². The number of guanidine groups is 1. The molecule has 0 aliphatic carbocycles. The van der Waals surface area contributed by atoms with Gasteiger partial charge in [-0.05, 0) is 89.1 Å². The van der Waals surface area contributed by atoms with Crippen molar-refractivity contribution in [3.63, 3.8) is 0 Å². The number of ether oxygens (including phenoxy) is 2. The molecule has 0 aromatic heterocycles. The number of aliphatic imine (C=N–C) groups is 1. The van der Waals surface area contributed by atoms with Crippen molar-refractivity contribution >= 4 is 45.6 Å². The summed E-state index contributed by atoms with van der Waals surface area (Å²) in [6.45, 7) is 9.77. The second-order valence-corrected chi connectivity index (χ2v) is 15.7. The number of carbonyl (C=O) groups is 5. The Hall–Kier alpha value is -5.14. The standard InChI is InChI=1S/C33H51N11O9S/c1-18-13-25(52-7)19(2)20(3)28(18)54(50,51)42-32(34)36-10-8-9-22-29(47)37-16-26(45)40-23(15-27(46)53-33(4,5)6)30(48)39-21-14-24(31(49)41-22)44(17-21)12-11-38-43-35/h13,21-24H,8-12,14-17H2,1-7H3,(H,37,47)(H,39,48)(H,40,45)(H,41,49)(H3,34,36,42)/t21-,22-,23-,24-/m0/s1. The van der Waals surface area contributed by atoms with Crippen LogP contribution in [-0.2, 0) is 38.7 Å². The van der Waals surface area contributed by atoms with Crippen LogP contribution in [0.5, 0.6) is 5.75 Å². The minimum absolute atomic E-state index is 0.0193. The van der Waals surface area contributed by atoms with Crippen LogP contribution in [-0.4, -0.2) is 118 Å². The molecule has 21 heteroatoms. The van der Waals surface area contributed by atoms with Crippen molar-refractivity contribution in [2.24, 2.45) is 15.8 Å². The molecule has 2 bridgehead atoms. The van der Waals surface area contributed by atoms with E-state index in [0.29, 0.717) is 22.4 Å². The first kappa shape index (κ1) is 43.3. The van der Waals surface area contributed by atoms with Gasteiger partial charge in [-0.25, -0.2) is 13.1 Å². The molecule has 4 amide bonds. The lowest BCUT2D eigenvalue weighted by molar-refractivity contribution is -0.156. The van der Waals surface area contributed by atoms with Gasteiger partial charge in [-0.2, -0.15) is 0 Å². The number of likely N-dealkylation sites (tertiary alicyclic amines) is 1. The molecule has 1 aromatic rings. The molecule has 7 N–H and O–H groups in total. The van der Waals surface area contributed by atoms with E-state index in [-0.39, 0.29) is 56.3 Å². The number of amides is 4. The van der Waals surface area contributed by atoms with Crippen LogP contribution < -0.4 is 36.5 Å². The van der Waals surface area contributed by atoms with E-state index < -0.39 is 82.4 Å². The molecule has 20 nitrogen and oxygen atoms in total. The van der Waals surface area contributed by atoms with Crippen molar-refractivity contribution in [3.8, 4) is 5.75 Å². The van der Waals surface area contributed by atoms with Crippen LogP contribution in [0.15, 0.2) is 21.1 Å². The van der Waals surface area contributed by atoms with Gasteiger partial charge in [0.05, 0.1) is 31.0 Å². The van der Waals surface area contributed by atoms with Crippen molar-refractivity contribution in [1.82, 2.24) is 30.9 Å². The van der Waals surface area contributed by atoms with Crippen LogP contribution in [0.25, 0.3) is 10.4 Å². The highest BCUT2D eigenvalue weighted by Gasteiger charge is 2.40. The van der Waals surface area contributed by atoms with Gasteiger partial charge in [0.15, 0.2) is 0 Å². The van der Waals surface area contributed by atoms with Gasteiger partial charge in [-0.15, -0.1) is 0 Å². The largest absolute Gasteiger partial charge is 0.496 e. The average molecular weight is 778 g/mol. The summed E-state index contributed by atoms with van der Waals surface area (Å²) in [6, 6.07) is -2.31. The van der Waals surface area contributed by atoms with E-state index in [0.717, 1.165) is 0 Å². The van der Waals surface area contributed by atoms with E-state index in [1.54, 1.807) is 52.5 Å². The third-order valence-corrected chi connectivity index (χ3v) is 10.4. The SMILES string of the molecule is COc1cc(C)c(S(=O)(=O)NC(N)=NCCC[C@@H]2NC(=O)[C@@H]3C[C@@H](CN3CCN=[N+]=[N-])NC(=O)[C@H](CC(=O)OC(C)(C)C)NC(=O)CNC2=O)c(C)c1C. The summed E-state index contributed by atoms with van der Waals surface area (Å²) >= 11 is 0. The molecule has 0 radical (unpaired) electrons. The summed E-state index contributed by atoms with van der Waals surface area (Å²) in [5.41, 5.74) is 15.5. The molecule has 2 saturated heterocycles.